The maximum absolute atomic E-state index is 12.3. The molecule has 0 N–H and O–H groups in total. The fourth-order valence-corrected chi connectivity index (χ4v) is 2.73. The predicted molar refractivity (Wildman–Crippen MR) is 84.2 cm³/mol. The predicted octanol–water partition coefficient (Wildman–Crippen LogP) is 4.47. The van der Waals surface area contributed by atoms with Crippen LogP contribution in [0.5, 0.6) is 11.5 Å². The van der Waals surface area contributed by atoms with Crippen LogP contribution < -0.4 is 9.47 Å². The van der Waals surface area contributed by atoms with Gasteiger partial charge in [0, 0.05) is 4.47 Å². The molecule has 108 valence electrons. The maximum atomic E-state index is 12.3. The molecule has 0 radical (unpaired) electrons. The Morgan fingerprint density at radius 2 is 2.05 bits per heavy atom. The first-order valence-electron chi connectivity index (χ1n) is 6.72. The minimum absolute atomic E-state index is 0.0840. The first kappa shape index (κ1) is 14.1. The summed E-state index contributed by atoms with van der Waals surface area (Å²) < 4.78 is 12.2. The van der Waals surface area contributed by atoms with E-state index in [0.717, 1.165) is 15.6 Å². The molecule has 0 bridgehead atoms. The topological polar surface area (TPSA) is 35.5 Å². The van der Waals surface area contributed by atoms with Crippen molar-refractivity contribution in [1.82, 2.24) is 0 Å². The molecule has 2 aromatic carbocycles. The van der Waals surface area contributed by atoms with Gasteiger partial charge in [0.25, 0.3) is 0 Å². The highest BCUT2D eigenvalue weighted by molar-refractivity contribution is 9.10. The number of Topliss-reactive ketones (excluding diaryl/α,β-unsaturated/α-hetero) is 1. The molecule has 0 aromatic heterocycles. The first-order chi connectivity index (χ1) is 10.1. The van der Waals surface area contributed by atoms with E-state index in [1.807, 2.05) is 19.1 Å². The average Bonchev–Trinajstić information content (AvgIpc) is 2.49. The molecule has 0 saturated heterocycles. The number of ether oxygens (including phenoxy) is 2. The molecule has 1 aliphatic rings. The van der Waals surface area contributed by atoms with Gasteiger partial charge in [0.2, 0.25) is 0 Å². The second kappa shape index (κ2) is 5.53. The Labute approximate surface area is 132 Å². The third kappa shape index (κ3) is 2.68. The van der Waals surface area contributed by atoms with Crippen molar-refractivity contribution in [1.29, 1.82) is 0 Å². The molecule has 3 nitrogen and oxygen atoms in total. The summed E-state index contributed by atoms with van der Waals surface area (Å²) in [6.45, 7) is 2.02. The van der Waals surface area contributed by atoms with E-state index in [-0.39, 0.29) is 11.9 Å². The first-order valence-corrected chi connectivity index (χ1v) is 7.51. The Morgan fingerprint density at radius 3 is 2.76 bits per heavy atom. The quantitative estimate of drug-likeness (QED) is 0.804. The van der Waals surface area contributed by atoms with Crippen molar-refractivity contribution < 1.29 is 14.3 Å². The summed E-state index contributed by atoms with van der Waals surface area (Å²) in [5, 5.41) is 0. The molecule has 0 fully saturated rings. The molecule has 1 aliphatic heterocycles. The Hall–Kier alpha value is -1.81. The number of methoxy groups -OCH3 is 1. The number of hydrogen-bond donors (Lipinski definition) is 0. The van der Waals surface area contributed by atoms with Crippen molar-refractivity contribution in [2.24, 2.45) is 0 Å². The average molecular weight is 347 g/mol. The number of ketones is 1. The third-order valence-electron chi connectivity index (χ3n) is 3.68. The smallest absolute Gasteiger partial charge is 0.170 e. The summed E-state index contributed by atoms with van der Waals surface area (Å²) in [7, 11) is 1.59. The lowest BCUT2D eigenvalue weighted by atomic mass is 9.95. The van der Waals surface area contributed by atoms with Crippen molar-refractivity contribution in [3.8, 4) is 11.5 Å². The fourth-order valence-electron chi connectivity index (χ4n) is 2.48. The zero-order valence-corrected chi connectivity index (χ0v) is 13.4. The van der Waals surface area contributed by atoms with Gasteiger partial charge in [-0.1, -0.05) is 28.1 Å². The van der Waals surface area contributed by atoms with Gasteiger partial charge in [-0.15, -0.1) is 0 Å². The zero-order chi connectivity index (χ0) is 15.0. The van der Waals surface area contributed by atoms with E-state index in [4.69, 9.17) is 9.47 Å². The van der Waals surface area contributed by atoms with Crippen LogP contribution in [-0.2, 0) is 0 Å². The van der Waals surface area contributed by atoms with E-state index in [1.165, 1.54) is 0 Å². The molecule has 0 amide bonds. The molecule has 0 aliphatic carbocycles. The van der Waals surface area contributed by atoms with Gasteiger partial charge in [-0.3, -0.25) is 4.79 Å². The summed E-state index contributed by atoms with van der Waals surface area (Å²) in [5.41, 5.74) is 2.74. The monoisotopic (exact) mass is 346 g/mol. The van der Waals surface area contributed by atoms with Crippen LogP contribution >= 0.6 is 15.9 Å². The van der Waals surface area contributed by atoms with Crippen molar-refractivity contribution in [2.45, 2.75) is 19.4 Å². The van der Waals surface area contributed by atoms with Gasteiger partial charge in [-0.25, -0.2) is 0 Å². The Morgan fingerprint density at radius 1 is 1.24 bits per heavy atom. The van der Waals surface area contributed by atoms with Gasteiger partial charge in [0.05, 0.1) is 19.1 Å². The standard InChI is InChI=1S/C17H15BrO3/c1-10-7-11(3-5-14(10)18)17-9-15(19)13-8-12(20-2)4-6-16(13)21-17/h3-8,17H,9H2,1-2H3. The van der Waals surface area contributed by atoms with Crippen molar-refractivity contribution in [2.75, 3.05) is 7.11 Å². The van der Waals surface area contributed by atoms with Crippen LogP contribution in [0.25, 0.3) is 0 Å². The Kier molecular flexibility index (Phi) is 3.72. The molecule has 0 spiro atoms. The highest BCUT2D eigenvalue weighted by Crippen LogP contribution is 2.37. The summed E-state index contributed by atoms with van der Waals surface area (Å²) in [5.74, 6) is 1.38. The molecule has 21 heavy (non-hydrogen) atoms. The van der Waals surface area contributed by atoms with Gasteiger partial charge in [-0.2, -0.15) is 0 Å². The summed E-state index contributed by atoms with van der Waals surface area (Å²) >= 11 is 3.49. The van der Waals surface area contributed by atoms with Gasteiger partial charge >= 0.3 is 0 Å². The van der Waals surface area contributed by atoms with E-state index < -0.39 is 0 Å². The van der Waals surface area contributed by atoms with Crippen LogP contribution in [0.1, 0.15) is 34.0 Å². The van der Waals surface area contributed by atoms with Gasteiger partial charge in [0.15, 0.2) is 5.78 Å². The second-order valence-corrected chi connectivity index (χ2v) is 5.96. The summed E-state index contributed by atoms with van der Waals surface area (Å²) in [6, 6.07) is 11.4. The lowest BCUT2D eigenvalue weighted by Crippen LogP contribution is -2.20. The van der Waals surface area contributed by atoms with Crippen LogP contribution in [0, 0.1) is 6.92 Å². The SMILES string of the molecule is COc1ccc2c(c1)C(=O)CC(c1ccc(Br)c(C)c1)O2. The second-order valence-electron chi connectivity index (χ2n) is 5.10. The number of benzene rings is 2. The highest BCUT2D eigenvalue weighted by Gasteiger charge is 2.28. The summed E-state index contributed by atoms with van der Waals surface area (Å²) in [4.78, 5) is 12.3. The molecule has 1 atom stereocenters. The van der Waals surface area contributed by atoms with Gasteiger partial charge < -0.3 is 9.47 Å². The number of rotatable bonds is 2. The Balaban J connectivity index is 1.94. The molecule has 3 rings (SSSR count). The molecular weight excluding hydrogens is 332 g/mol. The highest BCUT2D eigenvalue weighted by atomic mass is 79.9. The van der Waals surface area contributed by atoms with Crippen LogP contribution in [0.3, 0.4) is 0 Å². The third-order valence-corrected chi connectivity index (χ3v) is 4.57. The van der Waals surface area contributed by atoms with Crippen molar-refractivity contribution >= 4 is 21.7 Å². The van der Waals surface area contributed by atoms with E-state index in [0.29, 0.717) is 23.5 Å². The summed E-state index contributed by atoms with van der Waals surface area (Å²) in [6.07, 6.45) is 0.117. The van der Waals surface area contributed by atoms with E-state index in [2.05, 4.69) is 22.0 Å². The lowest BCUT2D eigenvalue weighted by molar-refractivity contribution is 0.0849. The van der Waals surface area contributed by atoms with Gasteiger partial charge in [0.1, 0.15) is 17.6 Å². The number of hydrogen-bond acceptors (Lipinski definition) is 3. The molecule has 4 heteroatoms. The molecule has 0 saturated carbocycles. The van der Waals surface area contributed by atoms with Crippen LogP contribution in [-0.4, -0.2) is 12.9 Å². The maximum Gasteiger partial charge on any atom is 0.170 e. The fraction of sp³-hybridized carbons (Fsp3) is 0.235. The molecule has 1 heterocycles. The largest absolute Gasteiger partial charge is 0.497 e. The van der Waals surface area contributed by atoms with Crippen LogP contribution in [0.2, 0.25) is 0 Å². The van der Waals surface area contributed by atoms with Crippen LogP contribution in [0.4, 0.5) is 0 Å². The normalized spacial score (nSPS) is 17.1. The number of halogens is 1. The van der Waals surface area contributed by atoms with Gasteiger partial charge in [-0.05, 0) is 42.3 Å². The minimum Gasteiger partial charge on any atom is -0.497 e. The Bertz CT molecular complexity index is 709. The van der Waals surface area contributed by atoms with Crippen molar-refractivity contribution in [3.63, 3.8) is 0 Å². The molecular formula is C17H15BrO3. The zero-order valence-electron chi connectivity index (χ0n) is 11.9. The molecule has 1 unspecified atom stereocenters. The number of aryl methyl sites for hydroxylation is 1. The lowest BCUT2D eigenvalue weighted by Gasteiger charge is -2.26. The van der Waals surface area contributed by atoms with E-state index in [9.17, 15) is 4.79 Å². The minimum atomic E-state index is -0.231. The number of fused-ring (bicyclic) bond motifs is 1. The number of carbonyl (C=O) groups is 1. The van der Waals surface area contributed by atoms with E-state index >= 15 is 0 Å². The van der Waals surface area contributed by atoms with Crippen LogP contribution in [0.15, 0.2) is 40.9 Å². The van der Waals surface area contributed by atoms with Crippen molar-refractivity contribution in [3.05, 3.63) is 57.6 Å². The van der Waals surface area contributed by atoms with E-state index in [1.54, 1.807) is 25.3 Å². The molecule has 2 aromatic rings. The number of carbonyl (C=O) groups excluding carboxylic acids is 1.